The Morgan fingerprint density at radius 2 is 1.88 bits per heavy atom. The van der Waals surface area contributed by atoms with Gasteiger partial charge in [0, 0.05) is 12.7 Å². The second-order valence-corrected chi connectivity index (χ2v) is 5.94. The van der Waals surface area contributed by atoms with Crippen LogP contribution in [0, 0.1) is 5.92 Å². The number of carbonyl (C=O) groups is 1. The highest BCUT2D eigenvalue weighted by Crippen LogP contribution is 2.27. The Bertz CT molecular complexity index is 716. The first-order valence-electron chi connectivity index (χ1n) is 7.98. The maximum absolute atomic E-state index is 12.6. The van der Waals surface area contributed by atoms with E-state index in [1.807, 2.05) is 13.8 Å². The third kappa shape index (κ3) is 5.47. The molecule has 1 heterocycles. The minimum Gasteiger partial charge on any atom is -0.351 e. The minimum absolute atomic E-state index is 0. The number of amides is 1. The molecule has 26 heavy (non-hydrogen) atoms. The van der Waals surface area contributed by atoms with E-state index in [9.17, 15) is 18.0 Å². The van der Waals surface area contributed by atoms with Gasteiger partial charge in [-0.3, -0.25) is 4.79 Å². The number of alkyl halides is 3. The predicted molar refractivity (Wildman–Crippen MR) is 95.1 cm³/mol. The zero-order valence-electron chi connectivity index (χ0n) is 14.5. The Morgan fingerprint density at radius 1 is 1.27 bits per heavy atom. The second-order valence-electron chi connectivity index (χ2n) is 5.94. The summed E-state index contributed by atoms with van der Waals surface area (Å²) in [6.45, 7) is 4.19. The maximum atomic E-state index is 12.6. The Labute approximate surface area is 156 Å². The summed E-state index contributed by atoms with van der Waals surface area (Å²) in [5, 5.41) is 6.28. The van der Waals surface area contributed by atoms with Crippen LogP contribution in [-0.2, 0) is 17.5 Å². The topological polar surface area (TPSA) is 72.9 Å². The summed E-state index contributed by atoms with van der Waals surface area (Å²) in [7, 11) is 0. The number of halogens is 4. The van der Waals surface area contributed by atoms with Crippen molar-refractivity contribution in [3.8, 4) is 5.69 Å². The van der Waals surface area contributed by atoms with Crippen LogP contribution in [0.2, 0.25) is 0 Å². The molecule has 2 aromatic rings. The molecule has 1 aromatic heterocycles. The number of hydrogen-bond acceptors (Lipinski definition) is 3. The summed E-state index contributed by atoms with van der Waals surface area (Å²) >= 11 is 0. The number of nitrogens with zero attached hydrogens (tertiary/aromatic N) is 2. The minimum atomic E-state index is -4.47. The molecule has 2 rings (SSSR count). The van der Waals surface area contributed by atoms with Gasteiger partial charge in [-0.15, -0.1) is 12.4 Å². The van der Waals surface area contributed by atoms with E-state index >= 15 is 0 Å². The highest BCUT2D eigenvalue weighted by molar-refractivity contribution is 5.85. The highest BCUT2D eigenvalue weighted by Gasteiger charge is 2.33. The van der Waals surface area contributed by atoms with E-state index in [1.165, 1.54) is 6.20 Å². The van der Waals surface area contributed by atoms with Crippen molar-refractivity contribution in [1.29, 1.82) is 0 Å². The molecule has 1 amide bonds. The van der Waals surface area contributed by atoms with Gasteiger partial charge in [0.2, 0.25) is 5.91 Å². The Balaban J connectivity index is 0.00000338. The van der Waals surface area contributed by atoms with Gasteiger partial charge in [-0.05, 0) is 29.7 Å². The van der Waals surface area contributed by atoms with Gasteiger partial charge in [0.15, 0.2) is 5.69 Å². The molecule has 1 aromatic carbocycles. The average molecular weight is 391 g/mol. The molecule has 0 bridgehead atoms. The number of benzene rings is 1. The highest BCUT2D eigenvalue weighted by atomic mass is 35.5. The van der Waals surface area contributed by atoms with Crippen LogP contribution in [0.15, 0.2) is 36.5 Å². The third-order valence-electron chi connectivity index (χ3n) is 4.11. The summed E-state index contributed by atoms with van der Waals surface area (Å²) in [5.74, 6) is -0.134. The van der Waals surface area contributed by atoms with Crippen molar-refractivity contribution >= 4 is 18.3 Å². The molecule has 2 atom stereocenters. The van der Waals surface area contributed by atoms with Gasteiger partial charge in [-0.25, -0.2) is 4.68 Å². The lowest BCUT2D eigenvalue weighted by Gasteiger charge is -2.17. The maximum Gasteiger partial charge on any atom is 0.435 e. The lowest BCUT2D eigenvalue weighted by atomic mass is 9.99. The van der Waals surface area contributed by atoms with Crippen molar-refractivity contribution in [2.45, 2.75) is 39.0 Å². The molecule has 0 aliphatic carbocycles. The largest absolute Gasteiger partial charge is 0.435 e. The monoisotopic (exact) mass is 390 g/mol. The van der Waals surface area contributed by atoms with Crippen LogP contribution < -0.4 is 11.1 Å². The van der Waals surface area contributed by atoms with Gasteiger partial charge in [-0.2, -0.15) is 18.3 Å². The molecule has 0 spiro atoms. The molecule has 9 heteroatoms. The summed E-state index contributed by atoms with van der Waals surface area (Å²) < 4.78 is 38.9. The van der Waals surface area contributed by atoms with Crippen LogP contribution in [0.5, 0.6) is 0 Å². The van der Waals surface area contributed by atoms with Gasteiger partial charge >= 0.3 is 6.18 Å². The van der Waals surface area contributed by atoms with E-state index in [1.54, 1.807) is 24.3 Å². The fourth-order valence-electron chi connectivity index (χ4n) is 2.20. The number of nitrogens with one attached hydrogen (secondary N) is 1. The molecule has 0 fully saturated rings. The molecule has 0 aliphatic heterocycles. The molecule has 3 N–H and O–H groups in total. The SMILES string of the molecule is CCC(C)C(N)C(=O)NCc1ccc(-n2ccc(C(F)(F)F)n2)cc1.Cl. The van der Waals surface area contributed by atoms with Gasteiger partial charge in [0.1, 0.15) is 0 Å². The van der Waals surface area contributed by atoms with E-state index in [0.29, 0.717) is 12.2 Å². The molecule has 0 saturated heterocycles. The molecule has 0 saturated carbocycles. The van der Waals surface area contributed by atoms with Gasteiger partial charge in [0.25, 0.3) is 0 Å². The number of rotatable bonds is 6. The molecule has 144 valence electrons. The molecule has 5 nitrogen and oxygen atoms in total. The molecular formula is C17H22ClF3N4O. The van der Waals surface area contributed by atoms with Crippen LogP contribution in [0.4, 0.5) is 13.2 Å². The van der Waals surface area contributed by atoms with Crippen molar-refractivity contribution in [3.05, 3.63) is 47.8 Å². The fourth-order valence-corrected chi connectivity index (χ4v) is 2.20. The van der Waals surface area contributed by atoms with Crippen molar-refractivity contribution < 1.29 is 18.0 Å². The number of aromatic nitrogens is 2. The van der Waals surface area contributed by atoms with Crippen molar-refractivity contribution in [2.24, 2.45) is 11.7 Å². The molecule has 2 unspecified atom stereocenters. The Hall–Kier alpha value is -2.06. The molecule has 0 aliphatic rings. The number of hydrogen-bond donors (Lipinski definition) is 2. The summed E-state index contributed by atoms with van der Waals surface area (Å²) in [5.41, 5.74) is 6.23. The van der Waals surface area contributed by atoms with Crippen LogP contribution in [0.3, 0.4) is 0 Å². The van der Waals surface area contributed by atoms with Gasteiger partial charge in [-0.1, -0.05) is 32.4 Å². The number of carbonyl (C=O) groups excluding carboxylic acids is 1. The van der Waals surface area contributed by atoms with E-state index in [4.69, 9.17) is 5.73 Å². The fraction of sp³-hybridized carbons (Fsp3) is 0.412. The van der Waals surface area contributed by atoms with Crippen molar-refractivity contribution in [2.75, 3.05) is 0 Å². The third-order valence-corrected chi connectivity index (χ3v) is 4.11. The Kier molecular flexibility index (Phi) is 7.65. The first-order chi connectivity index (χ1) is 11.7. The summed E-state index contributed by atoms with van der Waals surface area (Å²) in [6.07, 6.45) is -2.40. The second kappa shape index (κ2) is 9.05. The van der Waals surface area contributed by atoms with E-state index < -0.39 is 17.9 Å². The lowest BCUT2D eigenvalue weighted by Crippen LogP contribution is -2.44. The first kappa shape index (κ1) is 22.0. The number of nitrogens with two attached hydrogens (primary N) is 1. The summed E-state index contributed by atoms with van der Waals surface area (Å²) in [6, 6.07) is 7.09. The van der Waals surface area contributed by atoms with Crippen LogP contribution in [0.25, 0.3) is 5.69 Å². The Morgan fingerprint density at radius 3 is 2.38 bits per heavy atom. The van der Waals surface area contributed by atoms with Crippen LogP contribution in [-0.4, -0.2) is 21.7 Å². The smallest absolute Gasteiger partial charge is 0.351 e. The van der Waals surface area contributed by atoms with Crippen molar-refractivity contribution in [1.82, 2.24) is 15.1 Å². The molecule has 0 radical (unpaired) electrons. The van der Waals surface area contributed by atoms with E-state index in [-0.39, 0.29) is 24.2 Å². The lowest BCUT2D eigenvalue weighted by molar-refractivity contribution is -0.141. The van der Waals surface area contributed by atoms with E-state index in [2.05, 4.69) is 10.4 Å². The first-order valence-corrected chi connectivity index (χ1v) is 7.98. The zero-order chi connectivity index (χ0) is 18.6. The van der Waals surface area contributed by atoms with E-state index in [0.717, 1.165) is 22.7 Å². The van der Waals surface area contributed by atoms with Gasteiger partial charge < -0.3 is 11.1 Å². The molecular weight excluding hydrogens is 369 g/mol. The van der Waals surface area contributed by atoms with Crippen LogP contribution >= 0.6 is 12.4 Å². The zero-order valence-corrected chi connectivity index (χ0v) is 15.3. The quantitative estimate of drug-likeness (QED) is 0.794. The standard InChI is InChI=1S/C17H21F3N4O.ClH/c1-3-11(2)15(21)16(25)22-10-12-4-6-13(7-5-12)24-9-8-14(23-24)17(18,19)20;/h4-9,11,15H,3,10,21H2,1-2H3,(H,22,25);1H. The van der Waals surface area contributed by atoms with Gasteiger partial charge in [0.05, 0.1) is 11.7 Å². The predicted octanol–water partition coefficient (Wildman–Crippen LogP) is 3.30. The average Bonchev–Trinajstić information content (AvgIpc) is 3.09. The summed E-state index contributed by atoms with van der Waals surface area (Å²) in [4.78, 5) is 11.9. The van der Waals surface area contributed by atoms with Crippen molar-refractivity contribution in [3.63, 3.8) is 0 Å². The normalized spacial score (nSPS) is 13.6. The van der Waals surface area contributed by atoms with Crippen LogP contribution in [0.1, 0.15) is 31.5 Å².